The highest BCUT2D eigenvalue weighted by Crippen LogP contribution is 2.36. The number of alkyl halides is 1. The van der Waals surface area contributed by atoms with Gasteiger partial charge in [0.1, 0.15) is 5.78 Å². The minimum Gasteiger partial charge on any atom is -0.300 e. The van der Waals surface area contributed by atoms with Crippen molar-refractivity contribution in [3.63, 3.8) is 0 Å². The third-order valence-corrected chi connectivity index (χ3v) is 3.43. The van der Waals surface area contributed by atoms with Crippen molar-refractivity contribution in [1.29, 1.82) is 0 Å². The van der Waals surface area contributed by atoms with Crippen LogP contribution in [-0.4, -0.2) is 10.1 Å². The predicted molar refractivity (Wildman–Crippen MR) is 54.4 cm³/mol. The van der Waals surface area contributed by atoms with Crippen LogP contribution in [0.4, 0.5) is 0 Å². The zero-order valence-electron chi connectivity index (χ0n) is 7.38. The molecule has 0 saturated carbocycles. The Hall–Kier alpha value is -0.370. The van der Waals surface area contributed by atoms with Gasteiger partial charge in [-0.2, -0.15) is 0 Å². The number of allylic oxidation sites excluding steroid dienone is 4. The molecule has 1 aliphatic carbocycles. The molecule has 0 saturated heterocycles. The lowest BCUT2D eigenvalue weighted by Crippen LogP contribution is -2.29. The summed E-state index contributed by atoms with van der Waals surface area (Å²) in [5.74, 6) is 0.602. The van der Waals surface area contributed by atoms with Crippen LogP contribution < -0.4 is 0 Å². The summed E-state index contributed by atoms with van der Waals surface area (Å²) >= 11 is 3.60. The first-order valence-corrected chi connectivity index (χ1v) is 4.88. The van der Waals surface area contributed by atoms with Crippen molar-refractivity contribution >= 4 is 21.7 Å². The first kappa shape index (κ1) is 9.72. The number of halogens is 1. The van der Waals surface area contributed by atoms with E-state index in [0.717, 1.165) is 0 Å². The molecule has 2 atom stereocenters. The minimum absolute atomic E-state index is 0.145. The highest BCUT2D eigenvalue weighted by molar-refractivity contribution is 9.10. The molecule has 0 aromatic heterocycles. The highest BCUT2D eigenvalue weighted by Gasteiger charge is 2.31. The molecule has 0 N–H and O–H groups in total. The fraction of sp³-hybridized carbons (Fsp3) is 0.500. The van der Waals surface area contributed by atoms with E-state index in [9.17, 15) is 4.79 Å². The Balaban J connectivity index is 2.76. The van der Waals surface area contributed by atoms with Gasteiger partial charge in [0.2, 0.25) is 0 Å². The SMILES string of the molecule is CC(=O)CC1(Br)C=CC=CC1C. The van der Waals surface area contributed by atoms with E-state index in [0.29, 0.717) is 12.3 Å². The molecule has 0 amide bonds. The van der Waals surface area contributed by atoms with E-state index in [1.165, 1.54) is 0 Å². The topological polar surface area (TPSA) is 17.1 Å². The standard InChI is InChI=1S/C10H13BrO/c1-8-5-3-4-6-10(8,11)7-9(2)12/h3-6,8H,7H2,1-2H3. The average Bonchev–Trinajstić information content (AvgIpc) is 1.94. The maximum Gasteiger partial charge on any atom is 0.131 e. The molecular formula is C10H13BrO. The number of Topliss-reactive ketones (excluding diaryl/α,β-unsaturated/α-hetero) is 1. The second-order valence-corrected chi connectivity index (χ2v) is 4.81. The summed E-state index contributed by atoms with van der Waals surface area (Å²) in [7, 11) is 0. The van der Waals surface area contributed by atoms with Gasteiger partial charge in [-0.1, -0.05) is 47.2 Å². The van der Waals surface area contributed by atoms with Crippen molar-refractivity contribution < 1.29 is 4.79 Å². The molecule has 0 radical (unpaired) electrons. The average molecular weight is 229 g/mol. The van der Waals surface area contributed by atoms with Gasteiger partial charge in [0.05, 0.1) is 4.32 Å². The molecule has 1 rings (SSSR count). The molecule has 0 aliphatic heterocycles. The van der Waals surface area contributed by atoms with Crippen LogP contribution in [0.1, 0.15) is 20.3 Å². The molecule has 12 heavy (non-hydrogen) atoms. The Morgan fingerprint density at radius 2 is 2.25 bits per heavy atom. The number of hydrogen-bond acceptors (Lipinski definition) is 1. The highest BCUT2D eigenvalue weighted by atomic mass is 79.9. The van der Waals surface area contributed by atoms with Gasteiger partial charge in [0.15, 0.2) is 0 Å². The Kier molecular flexibility index (Phi) is 2.89. The maximum absolute atomic E-state index is 11.0. The van der Waals surface area contributed by atoms with Crippen LogP contribution in [0.25, 0.3) is 0 Å². The molecule has 0 bridgehead atoms. The Morgan fingerprint density at radius 1 is 1.58 bits per heavy atom. The molecule has 0 spiro atoms. The number of rotatable bonds is 2. The van der Waals surface area contributed by atoms with Crippen molar-refractivity contribution in [3.8, 4) is 0 Å². The summed E-state index contributed by atoms with van der Waals surface area (Å²) in [4.78, 5) is 11.0. The van der Waals surface area contributed by atoms with E-state index in [1.807, 2.05) is 12.2 Å². The predicted octanol–water partition coefficient (Wildman–Crippen LogP) is 2.86. The molecular weight excluding hydrogens is 216 g/mol. The van der Waals surface area contributed by atoms with E-state index < -0.39 is 0 Å². The molecule has 0 aromatic carbocycles. The zero-order valence-corrected chi connectivity index (χ0v) is 8.97. The lowest BCUT2D eigenvalue weighted by molar-refractivity contribution is -0.117. The Labute approximate surface area is 81.7 Å². The van der Waals surface area contributed by atoms with Gasteiger partial charge in [-0.15, -0.1) is 0 Å². The van der Waals surface area contributed by atoms with Crippen LogP contribution in [-0.2, 0) is 4.79 Å². The number of ketones is 1. The number of hydrogen-bond donors (Lipinski definition) is 0. The Morgan fingerprint density at radius 3 is 2.75 bits per heavy atom. The third kappa shape index (κ3) is 2.07. The van der Waals surface area contributed by atoms with E-state index in [4.69, 9.17) is 0 Å². The van der Waals surface area contributed by atoms with Gasteiger partial charge < -0.3 is 0 Å². The van der Waals surface area contributed by atoms with E-state index >= 15 is 0 Å². The fourth-order valence-corrected chi connectivity index (χ4v) is 2.06. The lowest BCUT2D eigenvalue weighted by Gasteiger charge is -2.29. The second-order valence-electron chi connectivity index (χ2n) is 3.34. The first-order chi connectivity index (χ1) is 5.54. The van der Waals surface area contributed by atoms with Gasteiger partial charge in [-0.3, -0.25) is 4.79 Å². The molecule has 2 unspecified atom stereocenters. The molecule has 0 aromatic rings. The van der Waals surface area contributed by atoms with Crippen molar-refractivity contribution in [2.75, 3.05) is 0 Å². The van der Waals surface area contributed by atoms with Crippen molar-refractivity contribution in [3.05, 3.63) is 24.3 Å². The summed E-state index contributed by atoms with van der Waals surface area (Å²) in [5, 5.41) is 0. The monoisotopic (exact) mass is 228 g/mol. The van der Waals surface area contributed by atoms with E-state index in [-0.39, 0.29) is 10.1 Å². The largest absolute Gasteiger partial charge is 0.300 e. The molecule has 0 fully saturated rings. The third-order valence-electron chi connectivity index (χ3n) is 2.16. The van der Waals surface area contributed by atoms with Crippen LogP contribution >= 0.6 is 15.9 Å². The summed E-state index contributed by atoms with van der Waals surface area (Å²) < 4.78 is -0.145. The summed E-state index contributed by atoms with van der Waals surface area (Å²) in [6, 6.07) is 0. The van der Waals surface area contributed by atoms with Crippen LogP contribution in [0.2, 0.25) is 0 Å². The maximum atomic E-state index is 11.0. The number of carbonyl (C=O) groups excluding carboxylic acids is 1. The van der Waals surface area contributed by atoms with Crippen LogP contribution in [0, 0.1) is 5.92 Å². The first-order valence-electron chi connectivity index (χ1n) is 4.09. The molecule has 1 nitrogen and oxygen atoms in total. The van der Waals surface area contributed by atoms with Gasteiger partial charge in [0, 0.05) is 6.42 Å². The summed E-state index contributed by atoms with van der Waals surface area (Å²) in [6.07, 6.45) is 8.73. The summed E-state index contributed by atoms with van der Waals surface area (Å²) in [6.45, 7) is 3.74. The van der Waals surface area contributed by atoms with Crippen molar-refractivity contribution in [2.45, 2.75) is 24.6 Å². The zero-order chi connectivity index (χ0) is 9.19. The quantitative estimate of drug-likeness (QED) is 0.665. The van der Waals surface area contributed by atoms with Crippen LogP contribution in [0.5, 0.6) is 0 Å². The van der Waals surface area contributed by atoms with Gasteiger partial charge in [0.25, 0.3) is 0 Å². The van der Waals surface area contributed by atoms with Gasteiger partial charge in [-0.25, -0.2) is 0 Å². The summed E-state index contributed by atoms with van der Waals surface area (Å²) in [5.41, 5.74) is 0. The smallest absolute Gasteiger partial charge is 0.131 e. The van der Waals surface area contributed by atoms with Gasteiger partial charge >= 0.3 is 0 Å². The van der Waals surface area contributed by atoms with Crippen molar-refractivity contribution in [2.24, 2.45) is 5.92 Å². The normalized spacial score (nSPS) is 33.8. The lowest BCUT2D eigenvalue weighted by atomic mass is 9.86. The molecule has 2 heteroatoms. The molecule has 0 heterocycles. The van der Waals surface area contributed by atoms with E-state index in [1.54, 1.807) is 6.92 Å². The fourth-order valence-electron chi connectivity index (χ4n) is 1.36. The van der Waals surface area contributed by atoms with Crippen molar-refractivity contribution in [1.82, 2.24) is 0 Å². The second kappa shape index (κ2) is 3.56. The Bertz CT molecular complexity index is 242. The van der Waals surface area contributed by atoms with E-state index in [2.05, 4.69) is 35.0 Å². The minimum atomic E-state index is -0.145. The van der Waals surface area contributed by atoms with Crippen LogP contribution in [0.15, 0.2) is 24.3 Å². The number of carbonyl (C=O) groups is 1. The van der Waals surface area contributed by atoms with Crippen LogP contribution in [0.3, 0.4) is 0 Å². The molecule has 66 valence electrons. The molecule has 1 aliphatic rings. The van der Waals surface area contributed by atoms with Gasteiger partial charge in [-0.05, 0) is 12.8 Å².